The van der Waals surface area contributed by atoms with E-state index < -0.39 is 6.09 Å². The van der Waals surface area contributed by atoms with Crippen LogP contribution in [0.1, 0.15) is 30.4 Å². The molecule has 0 aliphatic heterocycles. The molecule has 1 N–H and O–H groups in total. The predicted molar refractivity (Wildman–Crippen MR) is 101 cm³/mol. The fourth-order valence-corrected chi connectivity index (χ4v) is 3.70. The van der Waals surface area contributed by atoms with Crippen molar-refractivity contribution in [1.29, 1.82) is 0 Å². The van der Waals surface area contributed by atoms with Crippen LogP contribution in [-0.2, 0) is 9.53 Å². The van der Waals surface area contributed by atoms with Gasteiger partial charge in [-0.1, -0.05) is 60.3 Å². The van der Waals surface area contributed by atoms with Crippen LogP contribution in [0.25, 0.3) is 11.1 Å². The molecule has 0 atom stereocenters. The lowest BCUT2D eigenvalue weighted by atomic mass is 9.98. The van der Waals surface area contributed by atoms with Crippen molar-refractivity contribution in [3.8, 4) is 11.1 Å². The second-order valence-electron chi connectivity index (χ2n) is 5.95. The molecule has 0 aromatic heterocycles. The number of carbonyl (C=O) groups excluding carboxylic acids is 2. The minimum atomic E-state index is -0.408. The molecule has 4 nitrogen and oxygen atoms in total. The van der Waals surface area contributed by atoms with E-state index in [1.54, 1.807) is 6.92 Å². The number of carbonyl (C=O) groups is 2. The lowest BCUT2D eigenvalue weighted by molar-refractivity contribution is -0.109. The molecule has 0 fully saturated rings. The number of nitrogens with one attached hydrogen (secondary N) is 1. The van der Waals surface area contributed by atoms with Crippen LogP contribution in [0.5, 0.6) is 0 Å². The van der Waals surface area contributed by atoms with Gasteiger partial charge in [-0.25, -0.2) is 4.79 Å². The van der Waals surface area contributed by atoms with Crippen molar-refractivity contribution >= 4 is 23.0 Å². The van der Waals surface area contributed by atoms with Gasteiger partial charge in [0.05, 0.1) is 0 Å². The summed E-state index contributed by atoms with van der Waals surface area (Å²) in [5, 5.41) is 2.84. The topological polar surface area (TPSA) is 55.4 Å². The molecule has 0 heterocycles. The number of ether oxygens (including phenoxy) is 1. The van der Waals surface area contributed by atoms with Gasteiger partial charge in [0.2, 0.25) is 0 Å². The number of benzene rings is 2. The van der Waals surface area contributed by atoms with Gasteiger partial charge in [-0.05, 0) is 28.7 Å². The molecule has 0 radical (unpaired) electrons. The fraction of sp³-hybridized carbons (Fsp3) is 0.300. The van der Waals surface area contributed by atoms with Gasteiger partial charge in [0.25, 0.3) is 0 Å². The highest BCUT2D eigenvalue weighted by molar-refractivity contribution is 8.13. The van der Waals surface area contributed by atoms with E-state index in [0.29, 0.717) is 18.9 Å². The SMILES string of the molecule is CC(=O)SCCCNC(=O)OCC1c2ccccc2-c2ccccc21. The van der Waals surface area contributed by atoms with E-state index in [9.17, 15) is 9.59 Å². The highest BCUT2D eigenvalue weighted by Gasteiger charge is 2.28. The molecular formula is C20H21NO3S. The van der Waals surface area contributed by atoms with Gasteiger partial charge < -0.3 is 10.1 Å². The fourth-order valence-electron chi connectivity index (χ4n) is 3.13. The monoisotopic (exact) mass is 355 g/mol. The Morgan fingerprint density at radius 2 is 1.64 bits per heavy atom. The lowest BCUT2D eigenvalue weighted by Gasteiger charge is -2.14. The van der Waals surface area contributed by atoms with Crippen LogP contribution in [0, 0.1) is 0 Å². The number of rotatable bonds is 6. The summed E-state index contributed by atoms with van der Waals surface area (Å²) >= 11 is 1.27. The van der Waals surface area contributed by atoms with Gasteiger partial charge in [-0.3, -0.25) is 4.79 Å². The van der Waals surface area contributed by atoms with Crippen LogP contribution in [0.2, 0.25) is 0 Å². The number of fused-ring (bicyclic) bond motifs is 3. The maximum absolute atomic E-state index is 11.9. The van der Waals surface area contributed by atoms with Crippen molar-refractivity contribution in [1.82, 2.24) is 5.32 Å². The van der Waals surface area contributed by atoms with E-state index in [1.165, 1.54) is 34.0 Å². The Bertz CT molecular complexity index is 730. The third-order valence-electron chi connectivity index (χ3n) is 4.24. The molecule has 2 aromatic carbocycles. The van der Waals surface area contributed by atoms with Crippen molar-refractivity contribution in [2.45, 2.75) is 19.3 Å². The van der Waals surface area contributed by atoms with Crippen LogP contribution in [0.3, 0.4) is 0 Å². The maximum Gasteiger partial charge on any atom is 0.407 e. The van der Waals surface area contributed by atoms with Gasteiger partial charge in [0, 0.05) is 25.1 Å². The molecule has 0 saturated heterocycles. The molecule has 130 valence electrons. The van der Waals surface area contributed by atoms with Crippen LogP contribution in [-0.4, -0.2) is 30.1 Å². The van der Waals surface area contributed by atoms with Gasteiger partial charge in [-0.2, -0.15) is 0 Å². The standard InChI is InChI=1S/C20H21NO3S/c1-14(22)25-12-6-11-21-20(23)24-13-19-17-9-4-2-7-15(17)16-8-3-5-10-18(16)19/h2-5,7-10,19H,6,11-13H2,1H3,(H,21,23). The quantitative estimate of drug-likeness (QED) is 0.789. The summed E-state index contributed by atoms with van der Waals surface area (Å²) in [5.41, 5.74) is 4.84. The van der Waals surface area contributed by atoms with Crippen LogP contribution in [0.15, 0.2) is 48.5 Å². The molecule has 0 saturated carbocycles. The summed E-state index contributed by atoms with van der Waals surface area (Å²) in [6, 6.07) is 16.5. The largest absolute Gasteiger partial charge is 0.449 e. The first kappa shape index (κ1) is 17.5. The lowest BCUT2D eigenvalue weighted by Crippen LogP contribution is -2.27. The summed E-state index contributed by atoms with van der Waals surface area (Å²) in [5.74, 6) is 0.783. The molecule has 1 aliphatic carbocycles. The van der Waals surface area contributed by atoms with E-state index in [4.69, 9.17) is 4.74 Å². The molecular weight excluding hydrogens is 334 g/mol. The molecule has 3 rings (SSSR count). The Kier molecular flexibility index (Phi) is 5.76. The highest BCUT2D eigenvalue weighted by Crippen LogP contribution is 2.44. The van der Waals surface area contributed by atoms with Crippen LogP contribution in [0.4, 0.5) is 4.79 Å². The van der Waals surface area contributed by atoms with Crippen molar-refractivity contribution in [2.75, 3.05) is 18.9 Å². The van der Waals surface area contributed by atoms with E-state index in [1.807, 2.05) is 24.3 Å². The van der Waals surface area contributed by atoms with E-state index in [0.717, 1.165) is 6.42 Å². The Morgan fingerprint density at radius 1 is 1.04 bits per heavy atom. The Morgan fingerprint density at radius 3 is 2.24 bits per heavy atom. The van der Waals surface area contributed by atoms with E-state index >= 15 is 0 Å². The number of thioether (sulfide) groups is 1. The second-order valence-corrected chi connectivity index (χ2v) is 7.22. The summed E-state index contributed by atoms with van der Waals surface area (Å²) in [4.78, 5) is 22.8. The Labute approximate surface area is 152 Å². The molecule has 25 heavy (non-hydrogen) atoms. The predicted octanol–water partition coefficient (Wildman–Crippen LogP) is 4.19. The number of hydrogen-bond acceptors (Lipinski definition) is 4. The van der Waals surface area contributed by atoms with Crippen LogP contribution < -0.4 is 5.32 Å². The Balaban J connectivity index is 1.55. The van der Waals surface area contributed by atoms with Gasteiger partial charge in [0.1, 0.15) is 6.61 Å². The molecule has 2 aromatic rings. The van der Waals surface area contributed by atoms with Crippen molar-refractivity contribution in [2.24, 2.45) is 0 Å². The van der Waals surface area contributed by atoms with E-state index in [2.05, 4.69) is 29.6 Å². The minimum Gasteiger partial charge on any atom is -0.449 e. The third kappa shape index (κ3) is 4.23. The molecule has 5 heteroatoms. The first-order valence-corrected chi connectivity index (χ1v) is 9.37. The van der Waals surface area contributed by atoms with Gasteiger partial charge in [-0.15, -0.1) is 0 Å². The van der Waals surface area contributed by atoms with Crippen LogP contribution >= 0.6 is 11.8 Å². The number of hydrogen-bond donors (Lipinski definition) is 1. The summed E-state index contributed by atoms with van der Waals surface area (Å²) in [7, 11) is 0. The molecule has 1 amide bonds. The minimum absolute atomic E-state index is 0.0754. The maximum atomic E-state index is 11.9. The molecule has 0 spiro atoms. The molecule has 0 unspecified atom stereocenters. The second kappa shape index (κ2) is 8.21. The van der Waals surface area contributed by atoms with E-state index in [-0.39, 0.29) is 11.0 Å². The van der Waals surface area contributed by atoms with Gasteiger partial charge in [0.15, 0.2) is 5.12 Å². The first-order chi connectivity index (χ1) is 12.2. The highest BCUT2D eigenvalue weighted by atomic mass is 32.2. The molecule has 0 bridgehead atoms. The zero-order valence-corrected chi connectivity index (χ0v) is 15.0. The summed E-state index contributed by atoms with van der Waals surface area (Å²) in [6.07, 6.45) is 0.337. The summed E-state index contributed by atoms with van der Waals surface area (Å²) < 4.78 is 5.44. The Hall–Kier alpha value is -2.27. The smallest absolute Gasteiger partial charge is 0.407 e. The molecule has 1 aliphatic rings. The number of amides is 1. The van der Waals surface area contributed by atoms with Crippen molar-refractivity contribution in [3.05, 3.63) is 59.7 Å². The zero-order chi connectivity index (χ0) is 17.6. The normalized spacial score (nSPS) is 12.4. The average Bonchev–Trinajstić information content (AvgIpc) is 2.93. The summed E-state index contributed by atoms with van der Waals surface area (Å²) in [6.45, 7) is 2.38. The first-order valence-electron chi connectivity index (χ1n) is 8.39. The average molecular weight is 355 g/mol. The van der Waals surface area contributed by atoms with Crippen molar-refractivity contribution in [3.63, 3.8) is 0 Å². The zero-order valence-electron chi connectivity index (χ0n) is 14.2. The van der Waals surface area contributed by atoms with Crippen molar-refractivity contribution < 1.29 is 14.3 Å². The van der Waals surface area contributed by atoms with Gasteiger partial charge >= 0.3 is 6.09 Å². The third-order valence-corrected chi connectivity index (χ3v) is 5.14. The number of alkyl carbamates (subject to hydrolysis) is 1.